The van der Waals surface area contributed by atoms with Gasteiger partial charge in [-0.3, -0.25) is 4.99 Å². The normalized spacial score (nSPS) is 11.4. The van der Waals surface area contributed by atoms with Crippen molar-refractivity contribution in [1.29, 1.82) is 0 Å². The molecule has 0 bridgehead atoms. The van der Waals surface area contributed by atoms with Crippen LogP contribution in [0.25, 0.3) is 10.8 Å². The SMILES string of the molecule is COc1ccc(NC(N)=NCCSCc2cccc3ccccc23)cc1OC. The van der Waals surface area contributed by atoms with E-state index in [1.54, 1.807) is 14.2 Å². The predicted octanol–water partition coefficient (Wildman–Crippen LogP) is 4.52. The molecule has 0 aliphatic heterocycles. The number of hydrogen-bond acceptors (Lipinski definition) is 4. The number of aliphatic imine (C=N–C) groups is 1. The lowest BCUT2D eigenvalue weighted by Gasteiger charge is -2.11. The molecule has 0 unspecified atom stereocenters. The van der Waals surface area contributed by atoms with Crippen LogP contribution in [0.2, 0.25) is 0 Å². The number of guanidine groups is 1. The Kier molecular flexibility index (Phi) is 7.03. The standard InChI is InChI=1S/C22H25N3O2S/c1-26-20-11-10-18(14-21(20)27-2)25-22(23)24-12-13-28-15-17-8-5-7-16-6-3-4-9-19(16)17/h3-11,14H,12-13,15H2,1-2H3,(H3,23,24,25). The number of benzene rings is 3. The molecular formula is C22H25N3O2S. The van der Waals surface area contributed by atoms with E-state index >= 15 is 0 Å². The molecule has 0 saturated carbocycles. The van der Waals surface area contributed by atoms with Crippen molar-refractivity contribution in [3.05, 3.63) is 66.2 Å². The lowest BCUT2D eigenvalue weighted by atomic mass is 10.1. The van der Waals surface area contributed by atoms with Gasteiger partial charge in [0.25, 0.3) is 0 Å². The number of methoxy groups -OCH3 is 2. The van der Waals surface area contributed by atoms with Gasteiger partial charge in [0, 0.05) is 23.3 Å². The topological polar surface area (TPSA) is 68.9 Å². The fourth-order valence-corrected chi connectivity index (χ4v) is 3.77. The van der Waals surface area contributed by atoms with Crippen LogP contribution in [0, 0.1) is 0 Å². The average Bonchev–Trinajstić information content (AvgIpc) is 2.73. The van der Waals surface area contributed by atoms with Crippen LogP contribution in [0.1, 0.15) is 5.56 Å². The Hall–Kier alpha value is -2.86. The highest BCUT2D eigenvalue weighted by Crippen LogP contribution is 2.29. The Bertz CT molecular complexity index is 954. The maximum Gasteiger partial charge on any atom is 0.193 e. The molecule has 3 aromatic carbocycles. The van der Waals surface area contributed by atoms with Gasteiger partial charge < -0.3 is 20.5 Å². The molecule has 0 aromatic heterocycles. The molecule has 3 rings (SSSR count). The van der Waals surface area contributed by atoms with E-state index in [2.05, 4.69) is 52.8 Å². The smallest absolute Gasteiger partial charge is 0.193 e. The van der Waals surface area contributed by atoms with Crippen LogP contribution in [-0.4, -0.2) is 32.5 Å². The molecule has 0 spiro atoms. The Morgan fingerprint density at radius 2 is 1.79 bits per heavy atom. The molecule has 5 nitrogen and oxygen atoms in total. The minimum absolute atomic E-state index is 0.387. The van der Waals surface area contributed by atoms with Crippen molar-refractivity contribution < 1.29 is 9.47 Å². The van der Waals surface area contributed by atoms with Crippen molar-refractivity contribution in [2.45, 2.75) is 5.75 Å². The first-order valence-electron chi connectivity index (χ1n) is 9.04. The van der Waals surface area contributed by atoms with Gasteiger partial charge in [0.1, 0.15) is 0 Å². The Labute approximate surface area is 169 Å². The number of anilines is 1. The molecule has 0 amide bonds. The largest absolute Gasteiger partial charge is 0.493 e. The number of thioether (sulfide) groups is 1. The second kappa shape index (κ2) is 9.90. The van der Waals surface area contributed by atoms with Crippen LogP contribution in [0.4, 0.5) is 5.69 Å². The predicted molar refractivity (Wildman–Crippen MR) is 120 cm³/mol. The van der Waals surface area contributed by atoms with Crippen molar-refractivity contribution in [1.82, 2.24) is 0 Å². The van der Waals surface area contributed by atoms with Crippen molar-refractivity contribution >= 4 is 34.2 Å². The second-order valence-electron chi connectivity index (χ2n) is 6.15. The molecule has 28 heavy (non-hydrogen) atoms. The Morgan fingerprint density at radius 3 is 2.61 bits per heavy atom. The second-order valence-corrected chi connectivity index (χ2v) is 7.26. The van der Waals surface area contributed by atoms with Crippen molar-refractivity contribution in [2.75, 3.05) is 31.8 Å². The minimum atomic E-state index is 0.387. The molecule has 3 aromatic rings. The first kappa shape index (κ1) is 19.9. The van der Waals surface area contributed by atoms with E-state index < -0.39 is 0 Å². The van der Waals surface area contributed by atoms with Gasteiger partial charge in [-0.2, -0.15) is 11.8 Å². The monoisotopic (exact) mass is 395 g/mol. The first-order valence-corrected chi connectivity index (χ1v) is 10.2. The number of nitrogens with zero attached hydrogens (tertiary/aromatic N) is 1. The summed E-state index contributed by atoms with van der Waals surface area (Å²) in [6, 6.07) is 20.5. The molecule has 0 fully saturated rings. The molecule has 0 aliphatic carbocycles. The fraction of sp³-hybridized carbons (Fsp3) is 0.227. The van der Waals surface area contributed by atoms with Crippen LogP contribution in [-0.2, 0) is 5.75 Å². The van der Waals surface area contributed by atoms with E-state index in [0.29, 0.717) is 24.0 Å². The summed E-state index contributed by atoms with van der Waals surface area (Å²) < 4.78 is 10.5. The summed E-state index contributed by atoms with van der Waals surface area (Å²) in [5.74, 6) is 3.56. The zero-order valence-electron chi connectivity index (χ0n) is 16.1. The molecular weight excluding hydrogens is 370 g/mol. The highest BCUT2D eigenvalue weighted by Gasteiger charge is 2.05. The third-order valence-electron chi connectivity index (χ3n) is 4.31. The Balaban J connectivity index is 1.49. The maximum absolute atomic E-state index is 5.99. The van der Waals surface area contributed by atoms with E-state index in [0.717, 1.165) is 17.2 Å². The van der Waals surface area contributed by atoms with Gasteiger partial charge in [-0.25, -0.2) is 0 Å². The Morgan fingerprint density at radius 1 is 1.00 bits per heavy atom. The minimum Gasteiger partial charge on any atom is -0.493 e. The molecule has 0 heterocycles. The lowest BCUT2D eigenvalue weighted by molar-refractivity contribution is 0.355. The fourth-order valence-electron chi connectivity index (χ4n) is 2.93. The number of ether oxygens (including phenoxy) is 2. The molecule has 0 atom stereocenters. The lowest BCUT2D eigenvalue weighted by Crippen LogP contribution is -2.23. The summed E-state index contributed by atoms with van der Waals surface area (Å²) in [6.07, 6.45) is 0. The van der Waals surface area contributed by atoms with Gasteiger partial charge >= 0.3 is 0 Å². The molecule has 0 radical (unpaired) electrons. The number of hydrogen-bond donors (Lipinski definition) is 2. The summed E-state index contributed by atoms with van der Waals surface area (Å²) in [5, 5.41) is 5.68. The number of nitrogens with one attached hydrogen (secondary N) is 1. The van der Waals surface area contributed by atoms with Crippen LogP contribution in [0.3, 0.4) is 0 Å². The number of nitrogens with two attached hydrogens (primary N) is 1. The van der Waals surface area contributed by atoms with Gasteiger partial charge in [-0.05, 0) is 28.5 Å². The van der Waals surface area contributed by atoms with Gasteiger partial charge in [0.05, 0.1) is 20.8 Å². The molecule has 6 heteroatoms. The van der Waals surface area contributed by atoms with Gasteiger partial charge in [-0.1, -0.05) is 42.5 Å². The summed E-state index contributed by atoms with van der Waals surface area (Å²) in [5.41, 5.74) is 8.15. The van der Waals surface area contributed by atoms with E-state index in [1.165, 1.54) is 16.3 Å². The molecule has 3 N–H and O–H groups in total. The van der Waals surface area contributed by atoms with Gasteiger partial charge in [-0.15, -0.1) is 0 Å². The molecule has 146 valence electrons. The van der Waals surface area contributed by atoms with E-state index in [9.17, 15) is 0 Å². The summed E-state index contributed by atoms with van der Waals surface area (Å²) in [4.78, 5) is 4.40. The van der Waals surface area contributed by atoms with Crippen molar-refractivity contribution in [3.8, 4) is 11.5 Å². The van der Waals surface area contributed by atoms with Crippen molar-refractivity contribution in [2.24, 2.45) is 10.7 Å². The summed E-state index contributed by atoms with van der Waals surface area (Å²) in [7, 11) is 3.21. The molecule has 0 saturated heterocycles. The highest BCUT2D eigenvalue weighted by molar-refractivity contribution is 7.98. The van der Waals surface area contributed by atoms with Crippen LogP contribution in [0.15, 0.2) is 65.7 Å². The first-order chi connectivity index (χ1) is 13.7. The number of rotatable bonds is 8. The van der Waals surface area contributed by atoms with E-state index in [4.69, 9.17) is 15.2 Å². The van der Waals surface area contributed by atoms with Crippen LogP contribution >= 0.6 is 11.8 Å². The molecule has 0 aliphatic rings. The van der Waals surface area contributed by atoms with E-state index in [-0.39, 0.29) is 0 Å². The average molecular weight is 396 g/mol. The zero-order valence-corrected chi connectivity index (χ0v) is 17.0. The quantitative estimate of drug-likeness (QED) is 0.333. The third kappa shape index (κ3) is 5.10. The number of fused-ring (bicyclic) bond motifs is 1. The summed E-state index contributed by atoms with van der Waals surface area (Å²) >= 11 is 1.85. The third-order valence-corrected chi connectivity index (χ3v) is 5.30. The maximum atomic E-state index is 5.99. The van der Waals surface area contributed by atoms with Crippen LogP contribution in [0.5, 0.6) is 11.5 Å². The van der Waals surface area contributed by atoms with Crippen LogP contribution < -0.4 is 20.5 Å². The van der Waals surface area contributed by atoms with E-state index in [1.807, 2.05) is 30.0 Å². The van der Waals surface area contributed by atoms with Gasteiger partial charge in [0.2, 0.25) is 0 Å². The zero-order chi connectivity index (χ0) is 19.8. The van der Waals surface area contributed by atoms with Gasteiger partial charge in [0.15, 0.2) is 17.5 Å². The summed E-state index contributed by atoms with van der Waals surface area (Å²) in [6.45, 7) is 0.654. The highest BCUT2D eigenvalue weighted by atomic mass is 32.2. The van der Waals surface area contributed by atoms with Crippen molar-refractivity contribution in [3.63, 3.8) is 0 Å².